The molecule has 0 radical (unpaired) electrons. The molecular weight excluding hydrogens is 396 g/mol. The Bertz CT molecular complexity index is 1090. The summed E-state index contributed by atoms with van der Waals surface area (Å²) in [5.41, 5.74) is 2.12. The highest BCUT2D eigenvalue weighted by molar-refractivity contribution is 5.93. The molecule has 1 N–H and O–H groups in total. The number of hydrogen-bond donors (Lipinski definition) is 1. The second-order valence-corrected chi connectivity index (χ2v) is 7.51. The maximum Gasteiger partial charge on any atom is 0.272 e. The Kier molecular flexibility index (Phi) is 5.03. The molecule has 0 bridgehead atoms. The second kappa shape index (κ2) is 8.14. The van der Waals surface area contributed by atoms with Crippen molar-refractivity contribution in [3.63, 3.8) is 0 Å². The van der Waals surface area contributed by atoms with Crippen LogP contribution in [-0.4, -0.2) is 70.7 Å². The van der Waals surface area contributed by atoms with Gasteiger partial charge in [0.2, 0.25) is 6.10 Å². The number of H-pyrrole nitrogens is 1. The van der Waals surface area contributed by atoms with Crippen LogP contribution in [0.3, 0.4) is 0 Å². The fourth-order valence-electron chi connectivity index (χ4n) is 3.83. The van der Waals surface area contributed by atoms with E-state index in [1.165, 1.54) is 0 Å². The Morgan fingerprint density at radius 3 is 2.35 bits per heavy atom. The van der Waals surface area contributed by atoms with E-state index >= 15 is 0 Å². The Hall–Kier alpha value is -3.81. The Morgan fingerprint density at radius 2 is 1.58 bits per heavy atom. The molecule has 3 heterocycles. The van der Waals surface area contributed by atoms with Crippen LogP contribution in [0.25, 0.3) is 11.3 Å². The fraction of sp³-hybridized carbons (Fsp3) is 0.261. The van der Waals surface area contributed by atoms with Gasteiger partial charge >= 0.3 is 0 Å². The zero-order valence-electron chi connectivity index (χ0n) is 16.9. The third-order valence-electron chi connectivity index (χ3n) is 5.54. The van der Waals surface area contributed by atoms with Gasteiger partial charge in [-0.1, -0.05) is 42.5 Å². The number of carbonyl (C=O) groups excluding carboxylic acids is 2. The lowest BCUT2D eigenvalue weighted by molar-refractivity contribution is -0.142. The largest absolute Gasteiger partial charge is 0.485 e. The highest BCUT2D eigenvalue weighted by Gasteiger charge is 2.33. The standard InChI is InChI=1S/C23H22N4O4/c28-22(18-14-17(24-25-18)16-6-2-1-3-7-16)26-10-12-27(13-11-26)23(29)21-15-30-19-8-4-5-9-20(19)31-21/h1-9,14,21H,10-13,15H2,(H,24,25). The number of nitrogens with zero attached hydrogens (tertiary/aromatic N) is 3. The van der Waals surface area contributed by atoms with Crippen molar-refractivity contribution in [2.45, 2.75) is 6.10 Å². The molecule has 31 heavy (non-hydrogen) atoms. The summed E-state index contributed by atoms with van der Waals surface area (Å²) in [6.07, 6.45) is -0.668. The molecule has 3 aromatic rings. The lowest BCUT2D eigenvalue weighted by Gasteiger charge is -2.37. The van der Waals surface area contributed by atoms with Crippen LogP contribution in [0.15, 0.2) is 60.7 Å². The second-order valence-electron chi connectivity index (χ2n) is 7.51. The maximum absolute atomic E-state index is 12.9. The number of fused-ring (bicyclic) bond motifs is 1. The van der Waals surface area contributed by atoms with Crippen molar-refractivity contribution in [3.05, 3.63) is 66.4 Å². The Labute approximate surface area is 179 Å². The molecule has 2 amide bonds. The van der Waals surface area contributed by atoms with Crippen molar-refractivity contribution in [2.24, 2.45) is 0 Å². The van der Waals surface area contributed by atoms with Gasteiger partial charge in [0.25, 0.3) is 11.8 Å². The van der Waals surface area contributed by atoms with E-state index in [0.29, 0.717) is 43.4 Å². The van der Waals surface area contributed by atoms with Gasteiger partial charge in [-0.3, -0.25) is 14.7 Å². The minimum atomic E-state index is -0.668. The summed E-state index contributed by atoms with van der Waals surface area (Å²) in [4.78, 5) is 29.2. The van der Waals surface area contributed by atoms with Crippen LogP contribution >= 0.6 is 0 Å². The molecule has 1 unspecified atom stereocenters. The number of piperazine rings is 1. The number of benzene rings is 2. The van der Waals surface area contributed by atoms with E-state index in [4.69, 9.17) is 9.47 Å². The topological polar surface area (TPSA) is 87.8 Å². The summed E-state index contributed by atoms with van der Waals surface area (Å²) < 4.78 is 11.5. The van der Waals surface area contributed by atoms with Gasteiger partial charge in [-0.05, 0) is 18.2 Å². The first-order valence-electron chi connectivity index (χ1n) is 10.3. The maximum atomic E-state index is 12.9. The van der Waals surface area contributed by atoms with E-state index in [1.807, 2.05) is 48.5 Å². The van der Waals surface area contributed by atoms with Crippen molar-refractivity contribution < 1.29 is 19.1 Å². The number of para-hydroxylation sites is 2. The third kappa shape index (κ3) is 3.84. The minimum absolute atomic E-state index is 0.116. The number of nitrogens with one attached hydrogen (secondary N) is 1. The molecule has 1 saturated heterocycles. The molecule has 2 aliphatic rings. The van der Waals surface area contributed by atoms with E-state index in [2.05, 4.69) is 10.2 Å². The van der Waals surface area contributed by atoms with Gasteiger partial charge in [-0.25, -0.2) is 0 Å². The zero-order chi connectivity index (χ0) is 21.2. The van der Waals surface area contributed by atoms with Gasteiger partial charge in [0, 0.05) is 31.7 Å². The molecule has 0 spiro atoms. The van der Waals surface area contributed by atoms with Crippen molar-refractivity contribution in [1.82, 2.24) is 20.0 Å². The number of carbonyl (C=O) groups is 2. The normalized spacial score (nSPS) is 18.0. The van der Waals surface area contributed by atoms with Crippen molar-refractivity contribution in [3.8, 4) is 22.8 Å². The predicted molar refractivity (Wildman–Crippen MR) is 113 cm³/mol. The van der Waals surface area contributed by atoms with Crippen LogP contribution in [0.1, 0.15) is 10.5 Å². The summed E-state index contributed by atoms with van der Waals surface area (Å²) in [5, 5.41) is 7.10. The highest BCUT2D eigenvalue weighted by atomic mass is 16.6. The van der Waals surface area contributed by atoms with E-state index in [-0.39, 0.29) is 18.4 Å². The molecule has 158 valence electrons. The van der Waals surface area contributed by atoms with Gasteiger partial charge in [0.05, 0.1) is 5.69 Å². The summed E-state index contributed by atoms with van der Waals surface area (Å²) in [7, 11) is 0. The molecule has 0 saturated carbocycles. The molecule has 1 aromatic heterocycles. The van der Waals surface area contributed by atoms with Gasteiger partial charge < -0.3 is 19.3 Å². The third-order valence-corrected chi connectivity index (χ3v) is 5.54. The first kappa shape index (κ1) is 19.2. The van der Waals surface area contributed by atoms with E-state index < -0.39 is 6.10 Å². The molecule has 1 fully saturated rings. The number of hydrogen-bond acceptors (Lipinski definition) is 5. The van der Waals surface area contributed by atoms with Crippen LogP contribution in [-0.2, 0) is 4.79 Å². The smallest absolute Gasteiger partial charge is 0.272 e. The van der Waals surface area contributed by atoms with E-state index in [0.717, 1.165) is 11.3 Å². The monoisotopic (exact) mass is 418 g/mol. The number of amides is 2. The zero-order valence-corrected chi connectivity index (χ0v) is 16.9. The van der Waals surface area contributed by atoms with Crippen LogP contribution < -0.4 is 9.47 Å². The van der Waals surface area contributed by atoms with Crippen LogP contribution in [0.5, 0.6) is 11.5 Å². The first-order valence-corrected chi connectivity index (χ1v) is 10.3. The number of rotatable bonds is 3. The average molecular weight is 418 g/mol. The molecule has 8 heteroatoms. The molecule has 5 rings (SSSR count). The van der Waals surface area contributed by atoms with Crippen molar-refractivity contribution >= 4 is 11.8 Å². The van der Waals surface area contributed by atoms with Crippen molar-refractivity contribution in [1.29, 1.82) is 0 Å². The summed E-state index contributed by atoms with van der Waals surface area (Å²) in [6.45, 7) is 1.99. The molecular formula is C23H22N4O4. The molecule has 2 aliphatic heterocycles. The van der Waals surface area contributed by atoms with Crippen LogP contribution in [0.4, 0.5) is 0 Å². The van der Waals surface area contributed by atoms with Crippen molar-refractivity contribution in [2.75, 3.05) is 32.8 Å². The van der Waals surface area contributed by atoms with Gasteiger partial charge in [0.1, 0.15) is 12.3 Å². The van der Waals surface area contributed by atoms with Crippen LogP contribution in [0, 0.1) is 0 Å². The lowest BCUT2D eigenvalue weighted by atomic mass is 10.1. The van der Waals surface area contributed by atoms with Gasteiger partial charge in [-0.15, -0.1) is 0 Å². The van der Waals surface area contributed by atoms with Gasteiger partial charge in [0.15, 0.2) is 11.5 Å². The van der Waals surface area contributed by atoms with Gasteiger partial charge in [-0.2, -0.15) is 5.10 Å². The lowest BCUT2D eigenvalue weighted by Crippen LogP contribution is -2.55. The average Bonchev–Trinajstić information content (AvgIpc) is 3.34. The summed E-state index contributed by atoms with van der Waals surface area (Å²) in [5.74, 6) is 0.994. The quantitative estimate of drug-likeness (QED) is 0.705. The molecule has 0 aliphatic carbocycles. The Morgan fingerprint density at radius 1 is 0.903 bits per heavy atom. The number of ether oxygens (including phenoxy) is 2. The summed E-state index contributed by atoms with van der Waals surface area (Å²) >= 11 is 0. The Balaban J connectivity index is 1.18. The molecule has 2 aromatic carbocycles. The predicted octanol–water partition coefficient (Wildman–Crippen LogP) is 2.20. The number of aromatic nitrogens is 2. The molecule has 8 nitrogen and oxygen atoms in total. The highest BCUT2D eigenvalue weighted by Crippen LogP contribution is 2.31. The summed E-state index contributed by atoms with van der Waals surface area (Å²) in [6, 6.07) is 18.8. The fourth-order valence-corrected chi connectivity index (χ4v) is 3.83. The van der Waals surface area contributed by atoms with E-state index in [1.54, 1.807) is 21.9 Å². The van der Waals surface area contributed by atoms with Crippen LogP contribution in [0.2, 0.25) is 0 Å². The minimum Gasteiger partial charge on any atom is -0.485 e. The molecule has 1 atom stereocenters. The first-order chi connectivity index (χ1) is 15.2. The SMILES string of the molecule is O=C(c1cc(-c2ccccc2)n[nH]1)N1CCN(C(=O)C2COc3ccccc3O2)CC1. The number of aromatic amines is 1. The van der Waals surface area contributed by atoms with E-state index in [9.17, 15) is 9.59 Å².